The molecule has 0 aromatic rings. The Labute approximate surface area is 142 Å². The number of amides is 1. The van der Waals surface area contributed by atoms with Crippen molar-refractivity contribution in [2.45, 2.75) is 60.1 Å². The van der Waals surface area contributed by atoms with E-state index >= 15 is 0 Å². The predicted octanol–water partition coefficient (Wildman–Crippen LogP) is 4.60. The van der Waals surface area contributed by atoms with Gasteiger partial charge in [-0.15, -0.1) is 6.92 Å². The zero-order valence-corrected chi connectivity index (χ0v) is 16.5. The monoisotopic (exact) mass is 326 g/mol. The first-order valence-corrected chi connectivity index (χ1v) is 9.43. The van der Waals surface area contributed by atoms with Crippen molar-refractivity contribution in [3.05, 3.63) is 28.5 Å². The Kier molecular flexibility index (Phi) is 12.8. The standard InChI is InChI=1S/C9H13.C5H9NO.C2H7Si.Ti/c1-6-5-7(2)9(4)8(6)3;6-5(7)4-2-1-3-4;1-3-2;/h6H,1-4H3;4H,1-3H2,(H2,6,7);3H,1-2H3;/q-1;;;+2/p-1. The minimum Gasteiger partial charge on any atom is -0.668 e. The third-order valence-corrected chi connectivity index (χ3v) is 3.71. The van der Waals surface area contributed by atoms with E-state index in [0.29, 0.717) is 5.92 Å². The second-order valence-corrected chi connectivity index (χ2v) is 6.52. The molecule has 1 fully saturated rings. The molecule has 0 aliphatic heterocycles. The molecule has 0 bridgehead atoms. The fraction of sp³-hybridized carbons (Fsp3) is 0.688. The fourth-order valence-electron chi connectivity index (χ4n) is 1.83. The maximum Gasteiger partial charge on any atom is 2.00 e. The summed E-state index contributed by atoms with van der Waals surface area (Å²) in [4.78, 5) is 10.1. The average Bonchev–Trinajstić information content (AvgIpc) is 2.44. The molecule has 2 aliphatic rings. The largest absolute Gasteiger partial charge is 2.00 e. The Bertz CT molecular complexity index is 359. The maximum atomic E-state index is 10.1. The molecule has 0 aromatic carbocycles. The Hall–Kier alpha value is -0.119. The van der Waals surface area contributed by atoms with Gasteiger partial charge in [-0.05, 0) is 12.8 Å². The maximum absolute atomic E-state index is 10.1. The smallest absolute Gasteiger partial charge is 0.668 e. The molecule has 0 saturated heterocycles. The van der Waals surface area contributed by atoms with Crippen molar-refractivity contribution in [2.24, 2.45) is 11.8 Å². The van der Waals surface area contributed by atoms with E-state index in [-0.39, 0.29) is 33.5 Å². The van der Waals surface area contributed by atoms with Gasteiger partial charge in [0.2, 0.25) is 0 Å². The molecule has 4 heteroatoms. The molecule has 1 atom stereocenters. The Balaban J connectivity index is 0. The minimum atomic E-state index is -0.369. The summed E-state index contributed by atoms with van der Waals surface area (Å²) >= 11 is 0. The van der Waals surface area contributed by atoms with Crippen LogP contribution in [0.2, 0.25) is 13.1 Å². The van der Waals surface area contributed by atoms with Gasteiger partial charge in [-0.1, -0.05) is 46.2 Å². The summed E-state index contributed by atoms with van der Waals surface area (Å²) in [5.74, 6) is 0.302. The number of rotatable bonds is 1. The summed E-state index contributed by atoms with van der Waals surface area (Å²) in [5, 5.41) is 0. The van der Waals surface area contributed by atoms with Gasteiger partial charge in [-0.25, -0.2) is 5.57 Å². The molecule has 0 aromatic heterocycles. The molecule has 111 valence electrons. The van der Waals surface area contributed by atoms with Crippen molar-refractivity contribution in [1.29, 1.82) is 0 Å². The fourth-order valence-corrected chi connectivity index (χ4v) is 1.83. The van der Waals surface area contributed by atoms with Crippen LogP contribution >= 0.6 is 0 Å². The van der Waals surface area contributed by atoms with E-state index in [4.69, 9.17) is 5.73 Å². The van der Waals surface area contributed by atoms with Gasteiger partial charge in [0.1, 0.15) is 0 Å². The van der Waals surface area contributed by atoms with E-state index in [1.807, 2.05) is 0 Å². The van der Waals surface area contributed by atoms with Crippen LogP contribution < -0.4 is 0 Å². The van der Waals surface area contributed by atoms with Crippen LogP contribution in [0.5, 0.6) is 0 Å². The first-order chi connectivity index (χ1) is 8.84. The number of hydrogen-bond donors (Lipinski definition) is 0. The molecule has 1 saturated carbocycles. The molecule has 2 rings (SSSR count). The van der Waals surface area contributed by atoms with Gasteiger partial charge < -0.3 is 10.5 Å². The summed E-state index contributed by atoms with van der Waals surface area (Å²) in [6.07, 6.45) is 6.43. The number of carbonyl (C=O) groups is 1. The first-order valence-electron chi connectivity index (χ1n) is 7.12. The summed E-state index contributed by atoms with van der Waals surface area (Å²) in [6, 6.07) is 0. The molecule has 20 heavy (non-hydrogen) atoms. The molecular weight excluding hydrogens is 298 g/mol. The second-order valence-electron chi connectivity index (χ2n) is 5.37. The molecule has 0 spiro atoms. The number of allylic oxidation sites excluding steroid dienone is 4. The van der Waals surface area contributed by atoms with Crippen LogP contribution in [0, 0.1) is 17.9 Å². The molecule has 1 N–H and O–H groups in total. The van der Waals surface area contributed by atoms with Gasteiger partial charge in [0, 0.05) is 15.4 Å². The molecule has 1 unspecified atom stereocenters. The van der Waals surface area contributed by atoms with Crippen LogP contribution in [0.15, 0.2) is 16.7 Å². The summed E-state index contributed by atoms with van der Waals surface area (Å²) < 4.78 is 0. The van der Waals surface area contributed by atoms with Crippen molar-refractivity contribution >= 4 is 15.4 Å². The SMILES string of the molecule is CC1=[C-]C(C)C(C)=C1C.C[SiH]C.[NH-]C(=O)C1CCC1.[Ti+2]. The van der Waals surface area contributed by atoms with E-state index in [1.165, 1.54) is 16.7 Å². The van der Waals surface area contributed by atoms with E-state index in [9.17, 15) is 4.79 Å². The van der Waals surface area contributed by atoms with Crippen LogP contribution in [-0.4, -0.2) is 15.4 Å². The first kappa shape index (κ1) is 22.2. The van der Waals surface area contributed by atoms with Gasteiger partial charge in [-0.3, -0.25) is 6.08 Å². The van der Waals surface area contributed by atoms with Crippen LogP contribution in [0.25, 0.3) is 5.73 Å². The summed E-state index contributed by atoms with van der Waals surface area (Å²) in [7, 11) is 0.750. The van der Waals surface area contributed by atoms with Gasteiger partial charge in [0.25, 0.3) is 0 Å². The second kappa shape index (κ2) is 11.5. The van der Waals surface area contributed by atoms with Crippen LogP contribution in [0.1, 0.15) is 47.0 Å². The number of nitrogens with one attached hydrogen (secondary N) is 1. The van der Waals surface area contributed by atoms with Crippen LogP contribution in [-0.2, 0) is 26.5 Å². The molecule has 2 aliphatic carbocycles. The molecule has 0 heterocycles. The molecule has 2 nitrogen and oxygen atoms in total. The molecule has 1 amide bonds. The van der Waals surface area contributed by atoms with E-state index in [1.54, 1.807) is 0 Å². The molecular formula is C16H28NOSiTi. The quantitative estimate of drug-likeness (QED) is 0.513. The zero-order chi connectivity index (χ0) is 15.0. The van der Waals surface area contributed by atoms with Crippen molar-refractivity contribution in [3.8, 4) is 0 Å². The summed E-state index contributed by atoms with van der Waals surface area (Å²) in [6.45, 7) is 13.1. The van der Waals surface area contributed by atoms with E-state index < -0.39 is 0 Å². The zero-order valence-electron chi connectivity index (χ0n) is 13.8. The Morgan fingerprint density at radius 3 is 1.75 bits per heavy atom. The topological polar surface area (TPSA) is 40.9 Å². The number of hydrogen-bond acceptors (Lipinski definition) is 1. The predicted molar refractivity (Wildman–Crippen MR) is 85.5 cm³/mol. The minimum absolute atomic E-state index is 0. The average molecular weight is 326 g/mol. The van der Waals surface area contributed by atoms with Crippen molar-refractivity contribution in [2.75, 3.05) is 0 Å². The van der Waals surface area contributed by atoms with Crippen molar-refractivity contribution in [1.82, 2.24) is 0 Å². The third kappa shape index (κ3) is 7.61. The van der Waals surface area contributed by atoms with Gasteiger partial charge >= 0.3 is 21.7 Å². The van der Waals surface area contributed by atoms with Gasteiger partial charge in [0.15, 0.2) is 0 Å². The normalized spacial score (nSPS) is 20.5. The Morgan fingerprint density at radius 1 is 1.25 bits per heavy atom. The molecule has 1 radical (unpaired) electrons. The van der Waals surface area contributed by atoms with Crippen LogP contribution in [0.4, 0.5) is 0 Å². The van der Waals surface area contributed by atoms with Crippen molar-refractivity contribution in [3.63, 3.8) is 0 Å². The number of carbonyl (C=O) groups excluding carboxylic acids is 1. The van der Waals surface area contributed by atoms with Gasteiger partial charge in [0.05, 0.1) is 5.91 Å². The third-order valence-electron chi connectivity index (χ3n) is 3.71. The summed E-state index contributed by atoms with van der Waals surface area (Å²) in [5.41, 5.74) is 10.8. The van der Waals surface area contributed by atoms with E-state index in [2.05, 4.69) is 46.9 Å². The van der Waals surface area contributed by atoms with Crippen LogP contribution in [0.3, 0.4) is 0 Å². The van der Waals surface area contributed by atoms with E-state index in [0.717, 1.165) is 28.8 Å². The van der Waals surface area contributed by atoms with Gasteiger partial charge in [-0.2, -0.15) is 11.1 Å². The Morgan fingerprint density at radius 2 is 1.70 bits per heavy atom. The van der Waals surface area contributed by atoms with Crippen molar-refractivity contribution < 1.29 is 26.5 Å².